The molecule has 2 aromatic carbocycles. The van der Waals surface area contributed by atoms with Gasteiger partial charge in [0.05, 0.1) is 11.1 Å². The van der Waals surface area contributed by atoms with E-state index in [4.69, 9.17) is 11.6 Å². The topological polar surface area (TPSA) is 105 Å². The van der Waals surface area contributed by atoms with Crippen LogP contribution in [0.2, 0.25) is 5.02 Å². The van der Waals surface area contributed by atoms with E-state index in [9.17, 15) is 20.0 Å². The number of carbonyl (C=O) groups is 1. The number of aryl methyl sites for hydroxylation is 1. The van der Waals surface area contributed by atoms with Gasteiger partial charge in [0.1, 0.15) is 5.75 Å². The molecule has 0 aliphatic carbocycles. The molecule has 0 saturated carbocycles. The standard InChI is InChI=1S/C15H12ClN3O4/c1-9-6-13(19(22)23)7-11(14(9)20)8-17-18-15(21)10-2-4-12(16)5-3-10/h2-8,20H,1H3,(H,18,21)/b17-8-. The number of nitro benzene ring substituents is 1. The van der Waals surface area contributed by atoms with Crippen LogP contribution in [-0.2, 0) is 0 Å². The van der Waals surface area contributed by atoms with Gasteiger partial charge in [-0.25, -0.2) is 5.43 Å². The lowest BCUT2D eigenvalue weighted by molar-refractivity contribution is -0.384. The van der Waals surface area contributed by atoms with E-state index in [1.165, 1.54) is 31.2 Å². The zero-order chi connectivity index (χ0) is 17.0. The fourth-order valence-corrected chi connectivity index (χ4v) is 1.94. The van der Waals surface area contributed by atoms with Crippen molar-refractivity contribution in [2.75, 3.05) is 0 Å². The van der Waals surface area contributed by atoms with E-state index in [-0.39, 0.29) is 17.0 Å². The number of carbonyl (C=O) groups excluding carboxylic acids is 1. The Morgan fingerprint density at radius 2 is 2.00 bits per heavy atom. The molecule has 0 aliphatic heterocycles. The van der Waals surface area contributed by atoms with Gasteiger partial charge < -0.3 is 5.11 Å². The first-order valence-corrected chi connectivity index (χ1v) is 6.83. The summed E-state index contributed by atoms with van der Waals surface area (Å²) in [7, 11) is 0. The molecule has 0 unspecified atom stereocenters. The quantitative estimate of drug-likeness (QED) is 0.509. The average molecular weight is 334 g/mol. The minimum Gasteiger partial charge on any atom is -0.507 e. The minimum atomic E-state index is -0.573. The molecule has 7 nitrogen and oxygen atoms in total. The Morgan fingerprint density at radius 3 is 2.61 bits per heavy atom. The molecule has 0 spiro atoms. The first kappa shape index (κ1) is 16.4. The van der Waals surface area contributed by atoms with E-state index >= 15 is 0 Å². The summed E-state index contributed by atoms with van der Waals surface area (Å²) in [6, 6.07) is 8.61. The fraction of sp³-hybridized carbons (Fsp3) is 0.0667. The zero-order valence-corrected chi connectivity index (χ0v) is 12.7. The highest BCUT2D eigenvalue weighted by molar-refractivity contribution is 6.30. The Labute approximate surface area is 136 Å². The Hall–Kier alpha value is -2.93. The molecule has 0 radical (unpaired) electrons. The molecule has 2 rings (SSSR count). The first-order chi connectivity index (χ1) is 10.9. The average Bonchev–Trinajstić information content (AvgIpc) is 2.51. The van der Waals surface area contributed by atoms with Gasteiger partial charge in [0, 0.05) is 28.3 Å². The number of amides is 1. The number of non-ortho nitro benzene ring substituents is 1. The van der Waals surface area contributed by atoms with Crippen molar-refractivity contribution < 1.29 is 14.8 Å². The summed E-state index contributed by atoms with van der Waals surface area (Å²) in [6.45, 7) is 1.53. The number of rotatable bonds is 4. The van der Waals surface area contributed by atoms with Crippen LogP contribution in [-0.4, -0.2) is 22.2 Å². The van der Waals surface area contributed by atoms with Gasteiger partial charge in [-0.15, -0.1) is 0 Å². The third-order valence-corrected chi connectivity index (χ3v) is 3.25. The third-order valence-electron chi connectivity index (χ3n) is 3.00. The Balaban J connectivity index is 2.15. The molecule has 8 heteroatoms. The van der Waals surface area contributed by atoms with Crippen molar-refractivity contribution in [3.63, 3.8) is 0 Å². The molecule has 0 aromatic heterocycles. The van der Waals surface area contributed by atoms with Crippen molar-refractivity contribution in [2.24, 2.45) is 5.10 Å². The molecule has 0 heterocycles. The van der Waals surface area contributed by atoms with Crippen LogP contribution >= 0.6 is 11.6 Å². The van der Waals surface area contributed by atoms with Crippen LogP contribution < -0.4 is 5.43 Å². The van der Waals surface area contributed by atoms with Gasteiger partial charge in [-0.3, -0.25) is 14.9 Å². The Bertz CT molecular complexity index is 788. The second-order valence-corrected chi connectivity index (χ2v) is 5.10. The Morgan fingerprint density at radius 1 is 1.35 bits per heavy atom. The number of benzene rings is 2. The van der Waals surface area contributed by atoms with Gasteiger partial charge in [-0.05, 0) is 36.8 Å². The normalized spacial score (nSPS) is 10.7. The molecule has 0 fully saturated rings. The van der Waals surface area contributed by atoms with Crippen LogP contribution in [0.3, 0.4) is 0 Å². The van der Waals surface area contributed by atoms with Crippen molar-refractivity contribution in [2.45, 2.75) is 6.92 Å². The summed E-state index contributed by atoms with van der Waals surface area (Å²) >= 11 is 5.73. The van der Waals surface area contributed by atoms with Crippen LogP contribution in [0.25, 0.3) is 0 Å². The largest absolute Gasteiger partial charge is 0.507 e. The number of hydrogen-bond donors (Lipinski definition) is 2. The summed E-state index contributed by atoms with van der Waals surface area (Å²) in [5.74, 6) is -0.611. The zero-order valence-electron chi connectivity index (χ0n) is 12.0. The first-order valence-electron chi connectivity index (χ1n) is 6.45. The van der Waals surface area contributed by atoms with Crippen LogP contribution in [0, 0.1) is 17.0 Å². The number of hydrogen-bond acceptors (Lipinski definition) is 5. The van der Waals surface area contributed by atoms with Gasteiger partial charge in [0.2, 0.25) is 0 Å². The number of aromatic hydroxyl groups is 1. The number of phenols is 1. The van der Waals surface area contributed by atoms with Crippen LogP contribution in [0.15, 0.2) is 41.5 Å². The summed E-state index contributed by atoms with van der Waals surface area (Å²) in [5.41, 5.74) is 2.92. The minimum absolute atomic E-state index is 0.133. The molecule has 2 aromatic rings. The van der Waals surface area contributed by atoms with Gasteiger partial charge >= 0.3 is 0 Å². The highest BCUT2D eigenvalue weighted by Crippen LogP contribution is 2.26. The van der Waals surface area contributed by atoms with E-state index in [1.807, 2.05) is 0 Å². The van der Waals surface area contributed by atoms with Crippen molar-refractivity contribution in [1.29, 1.82) is 0 Å². The van der Waals surface area contributed by atoms with E-state index in [0.717, 1.165) is 6.21 Å². The van der Waals surface area contributed by atoms with Crippen molar-refractivity contribution >= 4 is 29.4 Å². The smallest absolute Gasteiger partial charge is 0.271 e. The van der Waals surface area contributed by atoms with E-state index in [1.54, 1.807) is 12.1 Å². The highest BCUT2D eigenvalue weighted by atomic mass is 35.5. The maximum absolute atomic E-state index is 11.8. The summed E-state index contributed by atoms with van der Waals surface area (Å²) in [5, 5.41) is 24.9. The van der Waals surface area contributed by atoms with Crippen LogP contribution in [0.1, 0.15) is 21.5 Å². The lowest BCUT2D eigenvalue weighted by atomic mass is 10.1. The predicted octanol–water partition coefficient (Wildman–Crippen LogP) is 3.03. The maximum atomic E-state index is 11.8. The lowest BCUT2D eigenvalue weighted by Crippen LogP contribution is -2.17. The Kier molecular flexibility index (Phi) is 4.92. The summed E-state index contributed by atoms with van der Waals surface area (Å²) in [4.78, 5) is 22.1. The highest BCUT2D eigenvalue weighted by Gasteiger charge is 2.12. The fourth-order valence-electron chi connectivity index (χ4n) is 1.82. The van der Waals surface area contributed by atoms with Crippen LogP contribution in [0.5, 0.6) is 5.75 Å². The molecule has 23 heavy (non-hydrogen) atoms. The molecular formula is C15H12ClN3O4. The number of phenolic OH excluding ortho intramolecular Hbond substituents is 1. The van der Waals surface area contributed by atoms with Gasteiger partial charge in [-0.2, -0.15) is 5.10 Å². The molecule has 0 atom stereocenters. The van der Waals surface area contributed by atoms with Gasteiger partial charge in [0.15, 0.2) is 0 Å². The SMILES string of the molecule is Cc1cc([N+](=O)[O-])cc(/C=N\NC(=O)c2ccc(Cl)cc2)c1O. The predicted molar refractivity (Wildman–Crippen MR) is 86.0 cm³/mol. The second-order valence-electron chi connectivity index (χ2n) is 4.66. The number of nitrogens with zero attached hydrogens (tertiary/aromatic N) is 2. The van der Waals surface area contributed by atoms with E-state index in [0.29, 0.717) is 16.1 Å². The molecule has 0 saturated heterocycles. The number of hydrazone groups is 1. The molecule has 2 N–H and O–H groups in total. The van der Waals surface area contributed by atoms with E-state index < -0.39 is 10.8 Å². The third kappa shape index (κ3) is 4.04. The second kappa shape index (κ2) is 6.89. The number of nitrogens with one attached hydrogen (secondary N) is 1. The molecule has 1 amide bonds. The van der Waals surface area contributed by atoms with Crippen molar-refractivity contribution in [3.05, 3.63) is 68.2 Å². The molecule has 0 aliphatic rings. The molecular weight excluding hydrogens is 322 g/mol. The molecule has 118 valence electrons. The lowest BCUT2D eigenvalue weighted by Gasteiger charge is -2.03. The van der Waals surface area contributed by atoms with Crippen molar-refractivity contribution in [3.8, 4) is 5.75 Å². The van der Waals surface area contributed by atoms with Crippen LogP contribution in [0.4, 0.5) is 5.69 Å². The van der Waals surface area contributed by atoms with Gasteiger partial charge in [-0.1, -0.05) is 11.6 Å². The number of nitro groups is 1. The monoisotopic (exact) mass is 333 g/mol. The number of halogens is 1. The van der Waals surface area contributed by atoms with Crippen molar-refractivity contribution in [1.82, 2.24) is 5.43 Å². The maximum Gasteiger partial charge on any atom is 0.271 e. The summed E-state index contributed by atoms with van der Waals surface area (Å²) < 4.78 is 0. The van der Waals surface area contributed by atoms with Gasteiger partial charge in [0.25, 0.3) is 11.6 Å². The summed E-state index contributed by atoms with van der Waals surface area (Å²) in [6.07, 6.45) is 1.14. The molecule has 0 bridgehead atoms. The van der Waals surface area contributed by atoms with E-state index in [2.05, 4.69) is 10.5 Å².